The molecule has 0 saturated heterocycles. The second kappa shape index (κ2) is 8.42. The van der Waals surface area contributed by atoms with Gasteiger partial charge in [-0.3, -0.25) is 24.8 Å². The first-order valence-electron chi connectivity index (χ1n) is 11.2. The van der Waals surface area contributed by atoms with E-state index < -0.39 is 0 Å². The Hall–Kier alpha value is -3.55. The minimum Gasteiger partial charge on any atom is -0.287 e. The molecule has 0 amide bonds. The summed E-state index contributed by atoms with van der Waals surface area (Å²) in [7, 11) is 1.69. The molecule has 0 atom stereocenters. The maximum Gasteiger partial charge on any atom is 0.334 e. The third kappa shape index (κ3) is 4.01. The summed E-state index contributed by atoms with van der Waals surface area (Å²) >= 11 is 0. The predicted molar refractivity (Wildman–Crippen MR) is 129 cm³/mol. The number of imidazole rings is 1. The predicted octanol–water partition coefficient (Wildman–Crippen LogP) is 3.33. The molecule has 7 nitrogen and oxygen atoms in total. The average molecular weight is 442 g/mol. The van der Waals surface area contributed by atoms with Gasteiger partial charge in [-0.1, -0.05) is 30.3 Å². The highest BCUT2D eigenvalue weighted by molar-refractivity contribution is 6.09. The lowest BCUT2D eigenvalue weighted by Gasteiger charge is -2.10. The second-order valence-corrected chi connectivity index (χ2v) is 8.75. The number of benzene rings is 2. The number of ketones is 1. The van der Waals surface area contributed by atoms with E-state index in [0.717, 1.165) is 22.4 Å². The maximum atomic E-state index is 13.4. The molecule has 0 unspecified atom stereocenters. The minimum absolute atomic E-state index is 0.150. The lowest BCUT2D eigenvalue weighted by molar-refractivity contribution is 0.103. The highest BCUT2D eigenvalue weighted by Crippen LogP contribution is 2.21. The smallest absolute Gasteiger partial charge is 0.287 e. The number of nitrogens with zero attached hydrogens (tertiary/aromatic N) is 3. The van der Waals surface area contributed by atoms with Crippen LogP contribution >= 0.6 is 0 Å². The van der Waals surface area contributed by atoms with Crippen LogP contribution < -0.4 is 16.5 Å². The van der Waals surface area contributed by atoms with E-state index in [2.05, 4.69) is 15.8 Å². The van der Waals surface area contributed by atoms with Crippen molar-refractivity contribution < 1.29 is 4.79 Å². The second-order valence-electron chi connectivity index (χ2n) is 8.75. The molecule has 33 heavy (non-hydrogen) atoms. The molecular formula is C26H27N5O2. The first-order valence-corrected chi connectivity index (χ1v) is 11.2. The Bertz CT molecular complexity index is 1430. The molecule has 2 aromatic heterocycles. The number of pyridine rings is 1. The molecule has 4 aromatic rings. The number of carbonyl (C=O) groups excluding carboxylic acids is 1. The number of hydrogen-bond acceptors (Lipinski definition) is 5. The summed E-state index contributed by atoms with van der Waals surface area (Å²) in [5.41, 5.74) is 12.1. The molecular weight excluding hydrogens is 414 g/mol. The lowest BCUT2D eigenvalue weighted by Crippen LogP contribution is -2.32. The average Bonchev–Trinajstić information content (AvgIpc) is 3.61. The molecule has 0 spiro atoms. The minimum atomic E-state index is -0.191. The van der Waals surface area contributed by atoms with E-state index in [1.54, 1.807) is 17.7 Å². The van der Waals surface area contributed by atoms with Gasteiger partial charge in [0.15, 0.2) is 5.65 Å². The summed E-state index contributed by atoms with van der Waals surface area (Å²) in [6, 6.07) is 17.7. The summed E-state index contributed by atoms with van der Waals surface area (Å²) in [5, 5.41) is 0. The Morgan fingerprint density at radius 2 is 1.85 bits per heavy atom. The van der Waals surface area contributed by atoms with Crippen molar-refractivity contribution in [2.45, 2.75) is 39.3 Å². The maximum absolute atomic E-state index is 13.4. The van der Waals surface area contributed by atoms with E-state index in [9.17, 15) is 9.59 Å². The summed E-state index contributed by atoms with van der Waals surface area (Å²) in [6.45, 7) is 4.53. The molecule has 1 fully saturated rings. The van der Waals surface area contributed by atoms with Crippen molar-refractivity contribution in [1.82, 2.24) is 25.0 Å². The van der Waals surface area contributed by atoms with Gasteiger partial charge >= 0.3 is 5.69 Å². The number of aryl methyl sites for hydroxylation is 3. The number of para-hydroxylation sites is 1. The van der Waals surface area contributed by atoms with Crippen LogP contribution in [0.2, 0.25) is 0 Å². The van der Waals surface area contributed by atoms with Crippen LogP contribution in [0.1, 0.15) is 45.6 Å². The van der Waals surface area contributed by atoms with Crippen molar-refractivity contribution >= 4 is 16.9 Å². The zero-order valence-corrected chi connectivity index (χ0v) is 19.1. The van der Waals surface area contributed by atoms with Gasteiger partial charge in [-0.05, 0) is 67.6 Å². The largest absolute Gasteiger partial charge is 0.334 e. The number of nitrogens with one attached hydrogen (secondary N) is 2. The van der Waals surface area contributed by atoms with Crippen molar-refractivity contribution in [2.75, 3.05) is 0 Å². The number of fused-ring (bicyclic) bond motifs is 1. The molecule has 7 heteroatoms. The molecule has 1 aliphatic carbocycles. The van der Waals surface area contributed by atoms with Crippen molar-refractivity contribution in [3.05, 3.63) is 93.0 Å². The molecule has 1 saturated carbocycles. The van der Waals surface area contributed by atoms with Gasteiger partial charge in [-0.15, -0.1) is 0 Å². The Morgan fingerprint density at radius 3 is 2.61 bits per heavy atom. The Kier molecular flexibility index (Phi) is 5.44. The zero-order valence-electron chi connectivity index (χ0n) is 19.1. The van der Waals surface area contributed by atoms with Crippen LogP contribution in [0, 0.1) is 13.8 Å². The van der Waals surface area contributed by atoms with E-state index in [4.69, 9.17) is 0 Å². The molecule has 0 bridgehead atoms. The van der Waals surface area contributed by atoms with E-state index in [-0.39, 0.29) is 11.5 Å². The highest BCUT2D eigenvalue weighted by atomic mass is 16.2. The number of rotatable bonds is 7. The summed E-state index contributed by atoms with van der Waals surface area (Å²) < 4.78 is 3.14. The first-order chi connectivity index (χ1) is 15.9. The number of aromatic nitrogens is 3. The third-order valence-electron chi connectivity index (χ3n) is 6.20. The SMILES string of the molecule is Cc1ccc(CNNC2CC2)cc1C(=O)c1ccc2c(n1)n(C)c(=O)n2-c1ccccc1C. The molecule has 5 rings (SSSR count). The van der Waals surface area contributed by atoms with E-state index >= 15 is 0 Å². The summed E-state index contributed by atoms with van der Waals surface area (Å²) in [6.07, 6.45) is 2.40. The fourth-order valence-electron chi connectivity index (χ4n) is 4.07. The van der Waals surface area contributed by atoms with Crippen LogP contribution in [0.5, 0.6) is 0 Å². The van der Waals surface area contributed by atoms with E-state index in [1.807, 2.05) is 62.4 Å². The normalized spacial score (nSPS) is 13.5. The molecule has 2 aromatic carbocycles. The van der Waals surface area contributed by atoms with E-state index in [0.29, 0.717) is 35.0 Å². The van der Waals surface area contributed by atoms with Crippen molar-refractivity contribution in [2.24, 2.45) is 7.05 Å². The Morgan fingerprint density at radius 1 is 1.06 bits per heavy atom. The fourth-order valence-corrected chi connectivity index (χ4v) is 4.07. The van der Waals surface area contributed by atoms with Gasteiger partial charge in [0, 0.05) is 25.2 Å². The van der Waals surface area contributed by atoms with Gasteiger partial charge < -0.3 is 0 Å². The molecule has 168 valence electrons. The van der Waals surface area contributed by atoms with Gasteiger partial charge in [0.2, 0.25) is 5.78 Å². The van der Waals surface area contributed by atoms with Crippen molar-refractivity contribution in [3.8, 4) is 5.69 Å². The monoisotopic (exact) mass is 441 g/mol. The molecule has 0 aliphatic heterocycles. The van der Waals surface area contributed by atoms with Gasteiger partial charge in [-0.25, -0.2) is 9.78 Å². The van der Waals surface area contributed by atoms with Gasteiger partial charge in [0.05, 0.1) is 11.2 Å². The molecule has 2 N–H and O–H groups in total. The topological polar surface area (TPSA) is 80.9 Å². The van der Waals surface area contributed by atoms with Crippen LogP contribution in [0.4, 0.5) is 0 Å². The quantitative estimate of drug-likeness (QED) is 0.340. The standard InChI is InChI=1S/C26H27N5O2/c1-16-8-9-18(15-27-29-19-10-11-19)14-20(16)24(32)21-12-13-23-25(28-21)30(3)26(33)31(23)22-7-5-4-6-17(22)2/h4-9,12-14,19,27,29H,10-11,15H2,1-3H3. The number of hydrazine groups is 1. The molecule has 1 aliphatic rings. The highest BCUT2D eigenvalue weighted by Gasteiger charge is 2.21. The fraction of sp³-hybridized carbons (Fsp3) is 0.269. The van der Waals surface area contributed by atoms with Crippen LogP contribution in [0.3, 0.4) is 0 Å². The molecule has 0 radical (unpaired) electrons. The zero-order chi connectivity index (χ0) is 23.1. The lowest BCUT2D eigenvalue weighted by atomic mass is 9.99. The third-order valence-corrected chi connectivity index (χ3v) is 6.20. The number of hydrogen-bond donors (Lipinski definition) is 2. The summed E-state index contributed by atoms with van der Waals surface area (Å²) in [5.74, 6) is -0.150. The number of carbonyl (C=O) groups is 1. The Labute approximate surface area is 192 Å². The van der Waals surface area contributed by atoms with Crippen LogP contribution in [0.25, 0.3) is 16.9 Å². The van der Waals surface area contributed by atoms with Crippen molar-refractivity contribution in [1.29, 1.82) is 0 Å². The van der Waals surface area contributed by atoms with E-state index in [1.165, 1.54) is 17.4 Å². The first kappa shape index (κ1) is 21.3. The van der Waals surface area contributed by atoms with Gasteiger partial charge in [-0.2, -0.15) is 0 Å². The van der Waals surface area contributed by atoms with Crippen LogP contribution in [-0.4, -0.2) is 25.9 Å². The Balaban J connectivity index is 1.50. The van der Waals surface area contributed by atoms with Gasteiger partial charge in [0.25, 0.3) is 0 Å². The van der Waals surface area contributed by atoms with Crippen molar-refractivity contribution in [3.63, 3.8) is 0 Å². The van der Waals surface area contributed by atoms with Gasteiger partial charge in [0.1, 0.15) is 5.69 Å². The van der Waals surface area contributed by atoms with Crippen LogP contribution in [-0.2, 0) is 13.6 Å². The summed E-state index contributed by atoms with van der Waals surface area (Å²) in [4.78, 5) is 31.0. The van der Waals surface area contributed by atoms with Crippen LogP contribution in [0.15, 0.2) is 59.4 Å². The molecule has 2 heterocycles.